The molecule has 3 rings (SSSR count). The smallest absolute Gasteiger partial charge is 0.255 e. The van der Waals surface area contributed by atoms with Gasteiger partial charge in [-0.3, -0.25) is 9.59 Å². The molecular formula is C22H26N2O3. The van der Waals surface area contributed by atoms with E-state index in [1.54, 1.807) is 43.5 Å². The van der Waals surface area contributed by atoms with Crippen molar-refractivity contribution >= 4 is 17.5 Å². The van der Waals surface area contributed by atoms with Gasteiger partial charge in [0, 0.05) is 17.2 Å². The van der Waals surface area contributed by atoms with Crippen LogP contribution in [0.3, 0.4) is 0 Å². The third kappa shape index (κ3) is 5.09. The summed E-state index contributed by atoms with van der Waals surface area (Å²) in [5.74, 6) is 0.291. The summed E-state index contributed by atoms with van der Waals surface area (Å²) in [4.78, 5) is 24.9. The molecule has 27 heavy (non-hydrogen) atoms. The Hall–Kier alpha value is -2.82. The maximum absolute atomic E-state index is 12.5. The molecule has 0 bridgehead atoms. The van der Waals surface area contributed by atoms with E-state index in [9.17, 15) is 9.59 Å². The van der Waals surface area contributed by atoms with Crippen LogP contribution < -0.4 is 15.4 Å². The first-order valence-electron chi connectivity index (χ1n) is 9.52. The van der Waals surface area contributed by atoms with Gasteiger partial charge in [0.05, 0.1) is 12.8 Å². The molecule has 2 aromatic rings. The number of hydrogen-bond donors (Lipinski definition) is 2. The average molecular weight is 366 g/mol. The molecule has 5 nitrogen and oxygen atoms in total. The predicted molar refractivity (Wildman–Crippen MR) is 106 cm³/mol. The number of rotatable bonds is 5. The molecule has 0 atom stereocenters. The molecule has 2 amide bonds. The Bertz CT molecular complexity index is 778. The Kier molecular flexibility index (Phi) is 6.47. The van der Waals surface area contributed by atoms with Gasteiger partial charge in [-0.25, -0.2) is 0 Å². The third-order valence-corrected chi connectivity index (χ3v) is 4.95. The molecule has 2 aromatic carbocycles. The van der Waals surface area contributed by atoms with Gasteiger partial charge in [0.25, 0.3) is 11.8 Å². The molecule has 0 spiro atoms. The van der Waals surface area contributed by atoms with Gasteiger partial charge in [-0.15, -0.1) is 0 Å². The normalized spacial score (nSPS) is 14.9. The molecule has 1 aliphatic rings. The second-order valence-electron chi connectivity index (χ2n) is 6.89. The summed E-state index contributed by atoms with van der Waals surface area (Å²) >= 11 is 0. The molecule has 0 unspecified atom stereocenters. The minimum Gasteiger partial charge on any atom is -0.495 e. The number of para-hydroxylation sites is 2. The molecule has 0 aromatic heterocycles. The summed E-state index contributed by atoms with van der Waals surface area (Å²) in [5, 5.41) is 5.96. The van der Waals surface area contributed by atoms with Gasteiger partial charge in [-0.2, -0.15) is 0 Å². The number of amides is 2. The first-order chi connectivity index (χ1) is 13.2. The van der Waals surface area contributed by atoms with E-state index >= 15 is 0 Å². The lowest BCUT2D eigenvalue weighted by Crippen LogP contribution is -2.34. The fraction of sp³-hybridized carbons (Fsp3) is 0.364. The van der Waals surface area contributed by atoms with Gasteiger partial charge in [-0.1, -0.05) is 37.8 Å². The Balaban J connectivity index is 1.62. The maximum Gasteiger partial charge on any atom is 0.255 e. The number of nitrogens with one attached hydrogen (secondary N) is 2. The second kappa shape index (κ2) is 9.21. The summed E-state index contributed by atoms with van der Waals surface area (Å²) in [6.07, 6.45) is 6.95. The number of methoxy groups -OCH3 is 1. The molecule has 0 aliphatic heterocycles. The van der Waals surface area contributed by atoms with Crippen LogP contribution in [0.4, 0.5) is 5.69 Å². The quantitative estimate of drug-likeness (QED) is 0.771. The minimum atomic E-state index is -0.241. The summed E-state index contributed by atoms with van der Waals surface area (Å²) < 4.78 is 5.25. The van der Waals surface area contributed by atoms with E-state index in [0.29, 0.717) is 22.6 Å². The van der Waals surface area contributed by atoms with E-state index in [-0.39, 0.29) is 17.9 Å². The molecule has 0 saturated heterocycles. The fourth-order valence-electron chi connectivity index (χ4n) is 3.41. The van der Waals surface area contributed by atoms with Crippen molar-refractivity contribution in [3.05, 3.63) is 59.7 Å². The number of carbonyl (C=O) groups is 2. The van der Waals surface area contributed by atoms with Crippen LogP contribution in [0.25, 0.3) is 0 Å². The highest BCUT2D eigenvalue weighted by Crippen LogP contribution is 2.23. The van der Waals surface area contributed by atoms with Gasteiger partial charge in [0.15, 0.2) is 0 Å². The van der Waals surface area contributed by atoms with Crippen LogP contribution in [-0.4, -0.2) is 25.0 Å². The van der Waals surface area contributed by atoms with E-state index in [1.165, 1.54) is 25.7 Å². The Labute approximate surface area is 160 Å². The molecule has 142 valence electrons. The number of benzene rings is 2. The second-order valence-corrected chi connectivity index (χ2v) is 6.89. The Morgan fingerprint density at radius 1 is 0.852 bits per heavy atom. The van der Waals surface area contributed by atoms with E-state index in [0.717, 1.165) is 12.8 Å². The van der Waals surface area contributed by atoms with E-state index in [1.807, 2.05) is 12.1 Å². The first-order valence-corrected chi connectivity index (χ1v) is 9.52. The number of carbonyl (C=O) groups excluding carboxylic acids is 2. The summed E-state index contributed by atoms with van der Waals surface area (Å²) in [6, 6.07) is 14.2. The monoisotopic (exact) mass is 366 g/mol. The molecule has 5 heteroatoms. The number of hydrogen-bond acceptors (Lipinski definition) is 3. The van der Waals surface area contributed by atoms with Crippen molar-refractivity contribution in [1.82, 2.24) is 5.32 Å². The van der Waals surface area contributed by atoms with Crippen LogP contribution in [0.5, 0.6) is 5.75 Å². The summed E-state index contributed by atoms with van der Waals surface area (Å²) in [7, 11) is 1.56. The van der Waals surface area contributed by atoms with Crippen molar-refractivity contribution < 1.29 is 14.3 Å². The van der Waals surface area contributed by atoms with E-state index in [4.69, 9.17) is 4.74 Å². The molecular weight excluding hydrogens is 340 g/mol. The van der Waals surface area contributed by atoms with Gasteiger partial charge in [0.1, 0.15) is 5.75 Å². The fourth-order valence-corrected chi connectivity index (χ4v) is 3.41. The van der Waals surface area contributed by atoms with Crippen LogP contribution in [0, 0.1) is 0 Å². The molecule has 1 fully saturated rings. The molecule has 0 radical (unpaired) electrons. The number of ether oxygens (including phenoxy) is 1. The van der Waals surface area contributed by atoms with Crippen molar-refractivity contribution in [3.63, 3.8) is 0 Å². The van der Waals surface area contributed by atoms with Crippen molar-refractivity contribution in [2.24, 2.45) is 0 Å². The van der Waals surface area contributed by atoms with Gasteiger partial charge < -0.3 is 15.4 Å². The number of anilines is 1. The minimum absolute atomic E-state index is 0.0708. The third-order valence-electron chi connectivity index (χ3n) is 4.95. The molecule has 1 saturated carbocycles. The molecule has 2 N–H and O–H groups in total. The summed E-state index contributed by atoms with van der Waals surface area (Å²) in [5.41, 5.74) is 1.68. The van der Waals surface area contributed by atoms with Gasteiger partial charge in [0.2, 0.25) is 0 Å². The highest BCUT2D eigenvalue weighted by Gasteiger charge is 2.16. The Morgan fingerprint density at radius 2 is 1.44 bits per heavy atom. The van der Waals surface area contributed by atoms with E-state index < -0.39 is 0 Å². The standard InChI is InChI=1S/C22H26N2O3/c1-27-20-11-7-6-10-19(20)24-22(26)17-14-12-16(13-15-17)21(25)23-18-8-4-2-3-5-9-18/h6-7,10-15,18H,2-5,8-9H2,1H3,(H,23,25)(H,24,26). The van der Waals surface area contributed by atoms with Crippen molar-refractivity contribution in [3.8, 4) is 5.75 Å². The lowest BCUT2D eigenvalue weighted by Gasteiger charge is -2.16. The first kappa shape index (κ1) is 19.0. The van der Waals surface area contributed by atoms with Crippen LogP contribution in [-0.2, 0) is 0 Å². The zero-order valence-corrected chi connectivity index (χ0v) is 15.7. The topological polar surface area (TPSA) is 67.4 Å². The van der Waals surface area contributed by atoms with E-state index in [2.05, 4.69) is 10.6 Å². The van der Waals surface area contributed by atoms with Crippen LogP contribution >= 0.6 is 0 Å². The van der Waals surface area contributed by atoms with Gasteiger partial charge >= 0.3 is 0 Å². The highest BCUT2D eigenvalue weighted by molar-refractivity contribution is 6.05. The summed E-state index contributed by atoms with van der Waals surface area (Å²) in [6.45, 7) is 0. The zero-order chi connectivity index (χ0) is 19.1. The SMILES string of the molecule is COc1ccccc1NC(=O)c1ccc(C(=O)NC2CCCCCC2)cc1. The van der Waals surface area contributed by atoms with Crippen LogP contribution in [0.1, 0.15) is 59.2 Å². The lowest BCUT2D eigenvalue weighted by atomic mass is 10.1. The van der Waals surface area contributed by atoms with Crippen molar-refractivity contribution in [1.29, 1.82) is 0 Å². The maximum atomic E-state index is 12.5. The molecule has 0 heterocycles. The highest BCUT2D eigenvalue weighted by atomic mass is 16.5. The average Bonchev–Trinajstić information content (AvgIpc) is 2.97. The predicted octanol–water partition coefficient (Wildman–Crippen LogP) is 4.40. The lowest BCUT2D eigenvalue weighted by molar-refractivity contribution is 0.0932. The van der Waals surface area contributed by atoms with Crippen LogP contribution in [0.15, 0.2) is 48.5 Å². The van der Waals surface area contributed by atoms with Gasteiger partial charge in [-0.05, 0) is 49.2 Å². The van der Waals surface area contributed by atoms with Crippen LogP contribution in [0.2, 0.25) is 0 Å². The largest absolute Gasteiger partial charge is 0.495 e. The zero-order valence-electron chi connectivity index (χ0n) is 15.7. The Morgan fingerprint density at radius 3 is 2.07 bits per heavy atom. The van der Waals surface area contributed by atoms with Crippen molar-refractivity contribution in [2.75, 3.05) is 12.4 Å². The van der Waals surface area contributed by atoms with Crippen molar-refractivity contribution in [2.45, 2.75) is 44.6 Å². The molecule has 1 aliphatic carbocycles.